The van der Waals surface area contributed by atoms with Gasteiger partial charge in [-0.05, 0) is 18.1 Å². The van der Waals surface area contributed by atoms with Gasteiger partial charge in [-0.1, -0.05) is 43.1 Å². The minimum Gasteiger partial charge on any atom is -0.371 e. The van der Waals surface area contributed by atoms with Gasteiger partial charge in [0.25, 0.3) is 0 Å². The average molecular weight is 314 g/mol. The topological polar surface area (TPSA) is 39.9 Å². The standard InChI is InChI=1S/C14H17Cl2N3O/c1-10(2)14(20-3,7-19-9-17-8-18-19)12-5-4-11(15)6-13(12)16/h4-6,8-10H,7H2,1-3H3. The molecule has 0 saturated carbocycles. The van der Waals surface area contributed by atoms with Gasteiger partial charge in [0.2, 0.25) is 0 Å². The summed E-state index contributed by atoms with van der Waals surface area (Å²) in [6.07, 6.45) is 3.17. The van der Waals surface area contributed by atoms with Gasteiger partial charge in [-0.15, -0.1) is 0 Å². The number of ether oxygens (including phenoxy) is 1. The Hall–Kier alpha value is -1.10. The van der Waals surface area contributed by atoms with Crippen molar-refractivity contribution in [1.29, 1.82) is 0 Å². The van der Waals surface area contributed by atoms with E-state index in [1.807, 2.05) is 12.1 Å². The molecule has 20 heavy (non-hydrogen) atoms. The Bertz CT molecular complexity index is 572. The van der Waals surface area contributed by atoms with Crippen LogP contribution < -0.4 is 0 Å². The molecule has 4 nitrogen and oxygen atoms in total. The quantitative estimate of drug-likeness (QED) is 0.843. The highest BCUT2D eigenvalue weighted by molar-refractivity contribution is 6.35. The maximum atomic E-state index is 6.37. The SMILES string of the molecule is COC(Cn1cncn1)(c1ccc(Cl)cc1Cl)C(C)C. The van der Waals surface area contributed by atoms with Crippen LogP contribution in [0.5, 0.6) is 0 Å². The van der Waals surface area contributed by atoms with Gasteiger partial charge in [-0.3, -0.25) is 0 Å². The molecule has 0 bridgehead atoms. The minimum absolute atomic E-state index is 0.190. The molecule has 1 atom stereocenters. The Morgan fingerprint density at radius 2 is 2.10 bits per heavy atom. The van der Waals surface area contributed by atoms with Crippen molar-refractivity contribution in [2.45, 2.75) is 26.0 Å². The molecule has 2 aromatic rings. The highest BCUT2D eigenvalue weighted by Gasteiger charge is 2.38. The number of aromatic nitrogens is 3. The first-order chi connectivity index (χ1) is 9.49. The lowest BCUT2D eigenvalue weighted by Crippen LogP contribution is -2.39. The molecule has 1 aromatic carbocycles. The minimum atomic E-state index is -0.588. The van der Waals surface area contributed by atoms with Gasteiger partial charge in [-0.25, -0.2) is 9.67 Å². The lowest BCUT2D eigenvalue weighted by Gasteiger charge is -2.37. The van der Waals surface area contributed by atoms with E-state index in [1.54, 1.807) is 24.2 Å². The van der Waals surface area contributed by atoms with Gasteiger partial charge in [-0.2, -0.15) is 5.10 Å². The van der Waals surface area contributed by atoms with Crippen molar-refractivity contribution in [3.05, 3.63) is 46.5 Å². The number of methoxy groups -OCH3 is 1. The van der Waals surface area contributed by atoms with Crippen LogP contribution >= 0.6 is 23.2 Å². The van der Waals surface area contributed by atoms with Crippen molar-refractivity contribution >= 4 is 23.2 Å². The van der Waals surface area contributed by atoms with Gasteiger partial charge in [0.15, 0.2) is 0 Å². The molecule has 0 saturated heterocycles. The van der Waals surface area contributed by atoms with Crippen LogP contribution in [-0.4, -0.2) is 21.9 Å². The van der Waals surface area contributed by atoms with E-state index in [4.69, 9.17) is 27.9 Å². The van der Waals surface area contributed by atoms with Crippen LogP contribution in [0.1, 0.15) is 19.4 Å². The van der Waals surface area contributed by atoms with Crippen LogP contribution in [0.4, 0.5) is 0 Å². The summed E-state index contributed by atoms with van der Waals surface area (Å²) in [4.78, 5) is 3.97. The lowest BCUT2D eigenvalue weighted by atomic mass is 9.83. The Kier molecular flexibility index (Phi) is 4.68. The normalized spacial score (nSPS) is 14.5. The molecule has 0 spiro atoms. The van der Waals surface area contributed by atoms with Crippen molar-refractivity contribution in [2.75, 3.05) is 7.11 Å². The molecule has 0 fully saturated rings. The molecule has 0 aliphatic heterocycles. The summed E-state index contributed by atoms with van der Waals surface area (Å²) in [5.41, 5.74) is 0.312. The second-order valence-corrected chi connectivity index (χ2v) is 5.81. The predicted molar refractivity (Wildman–Crippen MR) is 80.0 cm³/mol. The highest BCUT2D eigenvalue weighted by atomic mass is 35.5. The molecule has 1 heterocycles. The Labute approximate surface area is 128 Å². The zero-order chi connectivity index (χ0) is 14.8. The Morgan fingerprint density at radius 1 is 1.35 bits per heavy atom. The van der Waals surface area contributed by atoms with Crippen LogP contribution in [0.25, 0.3) is 0 Å². The van der Waals surface area contributed by atoms with E-state index >= 15 is 0 Å². The molecule has 0 radical (unpaired) electrons. The maximum absolute atomic E-state index is 6.37. The first-order valence-electron chi connectivity index (χ1n) is 6.32. The van der Waals surface area contributed by atoms with Crippen LogP contribution in [0.15, 0.2) is 30.9 Å². The predicted octanol–water partition coefficient (Wildman–Crippen LogP) is 3.78. The fourth-order valence-electron chi connectivity index (χ4n) is 2.38. The van der Waals surface area contributed by atoms with E-state index in [9.17, 15) is 0 Å². The third kappa shape index (κ3) is 2.82. The molecule has 2 rings (SSSR count). The smallest absolute Gasteiger partial charge is 0.137 e. The van der Waals surface area contributed by atoms with E-state index < -0.39 is 5.60 Å². The van der Waals surface area contributed by atoms with E-state index in [0.29, 0.717) is 16.6 Å². The fraction of sp³-hybridized carbons (Fsp3) is 0.429. The third-order valence-electron chi connectivity index (χ3n) is 3.55. The highest BCUT2D eigenvalue weighted by Crippen LogP contribution is 2.39. The van der Waals surface area contributed by atoms with Crippen LogP contribution in [0, 0.1) is 5.92 Å². The molecule has 0 N–H and O–H groups in total. The molecule has 108 valence electrons. The lowest BCUT2D eigenvalue weighted by molar-refractivity contribution is -0.0694. The molecular weight excluding hydrogens is 297 g/mol. The molecule has 1 unspecified atom stereocenters. The van der Waals surface area contributed by atoms with Gasteiger partial charge in [0.05, 0.1) is 6.54 Å². The average Bonchev–Trinajstić information content (AvgIpc) is 2.89. The number of nitrogens with zero attached hydrogens (tertiary/aromatic N) is 3. The van der Waals surface area contributed by atoms with Crippen LogP contribution in [-0.2, 0) is 16.9 Å². The largest absolute Gasteiger partial charge is 0.371 e. The number of hydrogen-bond acceptors (Lipinski definition) is 3. The number of hydrogen-bond donors (Lipinski definition) is 0. The Balaban J connectivity index is 2.50. The summed E-state index contributed by atoms with van der Waals surface area (Å²) >= 11 is 12.3. The second-order valence-electron chi connectivity index (χ2n) is 4.97. The maximum Gasteiger partial charge on any atom is 0.137 e. The summed E-state index contributed by atoms with van der Waals surface area (Å²) in [6.45, 7) is 4.71. The first kappa shape index (κ1) is 15.3. The summed E-state index contributed by atoms with van der Waals surface area (Å²) in [6, 6.07) is 5.46. The van der Waals surface area contributed by atoms with Crippen LogP contribution in [0.2, 0.25) is 10.0 Å². The second kappa shape index (κ2) is 6.12. The van der Waals surface area contributed by atoms with E-state index in [2.05, 4.69) is 23.9 Å². The fourth-order valence-corrected chi connectivity index (χ4v) is 2.95. The first-order valence-corrected chi connectivity index (χ1v) is 7.08. The Morgan fingerprint density at radius 3 is 2.60 bits per heavy atom. The number of halogens is 2. The third-order valence-corrected chi connectivity index (χ3v) is 4.10. The van der Waals surface area contributed by atoms with E-state index in [0.717, 1.165) is 5.56 Å². The van der Waals surface area contributed by atoms with Gasteiger partial charge >= 0.3 is 0 Å². The van der Waals surface area contributed by atoms with Crippen LogP contribution in [0.3, 0.4) is 0 Å². The zero-order valence-corrected chi connectivity index (χ0v) is 13.2. The molecule has 0 amide bonds. The van der Waals surface area contributed by atoms with Crippen molar-refractivity contribution in [1.82, 2.24) is 14.8 Å². The van der Waals surface area contributed by atoms with Crippen molar-refractivity contribution in [2.24, 2.45) is 5.92 Å². The number of rotatable bonds is 5. The van der Waals surface area contributed by atoms with E-state index in [-0.39, 0.29) is 5.92 Å². The van der Waals surface area contributed by atoms with Crippen molar-refractivity contribution < 1.29 is 4.74 Å². The van der Waals surface area contributed by atoms with Gasteiger partial charge in [0, 0.05) is 22.7 Å². The summed E-state index contributed by atoms with van der Waals surface area (Å²) in [5, 5.41) is 5.36. The molecule has 0 aliphatic carbocycles. The van der Waals surface area contributed by atoms with Gasteiger partial charge < -0.3 is 4.74 Å². The molecule has 6 heteroatoms. The summed E-state index contributed by atoms with van der Waals surface area (Å²) in [5.74, 6) is 0.190. The summed E-state index contributed by atoms with van der Waals surface area (Å²) < 4.78 is 7.61. The zero-order valence-electron chi connectivity index (χ0n) is 11.7. The van der Waals surface area contributed by atoms with E-state index in [1.165, 1.54) is 6.33 Å². The molecule has 1 aromatic heterocycles. The van der Waals surface area contributed by atoms with Crippen molar-refractivity contribution in [3.63, 3.8) is 0 Å². The molecular formula is C14H17Cl2N3O. The number of benzene rings is 1. The van der Waals surface area contributed by atoms with Gasteiger partial charge in [0.1, 0.15) is 18.3 Å². The van der Waals surface area contributed by atoms with Crippen molar-refractivity contribution in [3.8, 4) is 0 Å². The monoisotopic (exact) mass is 313 g/mol. The summed E-state index contributed by atoms with van der Waals surface area (Å²) in [7, 11) is 1.68. The molecule has 0 aliphatic rings.